The minimum atomic E-state index is -0.745. The quantitative estimate of drug-likeness (QED) is 0.408. The summed E-state index contributed by atoms with van der Waals surface area (Å²) >= 11 is 0. The number of nitrogens with zero attached hydrogens (tertiary/aromatic N) is 4. The Labute approximate surface area is 181 Å². The van der Waals surface area contributed by atoms with Crippen LogP contribution < -0.4 is 0 Å². The summed E-state index contributed by atoms with van der Waals surface area (Å²) in [6.07, 6.45) is 4.92. The highest BCUT2D eigenvalue weighted by Gasteiger charge is 2.31. The molecule has 0 bridgehead atoms. The van der Waals surface area contributed by atoms with Crippen LogP contribution in [0.25, 0.3) is 11.4 Å². The fourth-order valence-electron chi connectivity index (χ4n) is 3.81. The second kappa shape index (κ2) is 7.45. The van der Waals surface area contributed by atoms with Gasteiger partial charge in [-0.3, -0.25) is 0 Å². The van der Waals surface area contributed by atoms with Gasteiger partial charge >= 0.3 is 0 Å². The molecule has 0 atom stereocenters. The van der Waals surface area contributed by atoms with Crippen LogP contribution in [0.3, 0.4) is 0 Å². The molecule has 31 heavy (non-hydrogen) atoms. The molecule has 0 N–H and O–H groups in total. The second-order valence-corrected chi connectivity index (χ2v) is 9.25. The third kappa shape index (κ3) is 3.67. The first-order valence-electron chi connectivity index (χ1n) is 10.3. The van der Waals surface area contributed by atoms with E-state index < -0.39 is 17.0 Å². The summed E-state index contributed by atoms with van der Waals surface area (Å²) in [6, 6.07) is 15.1. The minimum absolute atomic E-state index is 0.00914. The molecule has 0 saturated heterocycles. The van der Waals surface area contributed by atoms with Crippen LogP contribution in [0.2, 0.25) is 0 Å². The van der Waals surface area contributed by atoms with Gasteiger partial charge in [-0.2, -0.15) is 10.2 Å². The van der Waals surface area contributed by atoms with Gasteiger partial charge in [-0.05, 0) is 29.2 Å². The van der Waals surface area contributed by atoms with Crippen molar-refractivity contribution in [3.05, 3.63) is 95.6 Å². The highest BCUT2D eigenvalue weighted by atomic mass is 19.1. The fourth-order valence-corrected chi connectivity index (χ4v) is 3.81. The average molecular weight is 421 g/mol. The van der Waals surface area contributed by atoms with Gasteiger partial charge in [-0.15, -0.1) is 0 Å². The van der Waals surface area contributed by atoms with Crippen LogP contribution >= 0.6 is 0 Å². The number of halogens is 2. The zero-order chi connectivity index (χ0) is 22.4. The lowest BCUT2D eigenvalue weighted by atomic mass is 9.82. The van der Waals surface area contributed by atoms with Gasteiger partial charge in [0, 0.05) is 29.6 Å². The van der Waals surface area contributed by atoms with E-state index in [0.717, 1.165) is 11.3 Å². The van der Waals surface area contributed by atoms with Crippen LogP contribution in [0.15, 0.2) is 67.1 Å². The van der Waals surface area contributed by atoms with Crippen LogP contribution in [0.4, 0.5) is 8.78 Å². The lowest BCUT2D eigenvalue weighted by Gasteiger charge is -2.24. The van der Waals surface area contributed by atoms with Crippen LogP contribution in [0.1, 0.15) is 51.4 Å². The van der Waals surface area contributed by atoms with Crippen molar-refractivity contribution < 1.29 is 8.78 Å². The molecule has 0 fully saturated rings. The number of hydrogen-bond donors (Lipinski definition) is 0. The first-order valence-corrected chi connectivity index (χ1v) is 10.3. The Morgan fingerprint density at radius 3 is 2.00 bits per heavy atom. The molecule has 0 unspecified atom stereocenters. The molecule has 0 aliphatic rings. The van der Waals surface area contributed by atoms with Crippen LogP contribution in [-0.2, 0) is 10.8 Å². The van der Waals surface area contributed by atoms with E-state index in [4.69, 9.17) is 0 Å². The molecule has 0 aliphatic carbocycles. The summed E-state index contributed by atoms with van der Waals surface area (Å²) in [6.45, 7) is 9.52. The van der Waals surface area contributed by atoms with Crippen molar-refractivity contribution in [2.24, 2.45) is 0 Å². The normalized spacial score (nSPS) is 12.4. The van der Waals surface area contributed by atoms with Crippen LogP contribution in [0, 0.1) is 11.6 Å². The van der Waals surface area contributed by atoms with Crippen molar-refractivity contribution in [1.29, 1.82) is 0 Å². The molecular formula is C25H26F2N4. The molecular weight excluding hydrogens is 394 g/mol. The number of rotatable bonds is 4. The van der Waals surface area contributed by atoms with Gasteiger partial charge in [0.25, 0.3) is 0 Å². The standard InChI is InChI=1S/C25H26F2N4/c1-24(2,3)21-22(26)18(30-14-9-13-28-30)16-19(23(21)27)31-15-12-20(29-31)25(4,5)17-10-7-6-8-11-17/h6-16H,1-5H3. The summed E-state index contributed by atoms with van der Waals surface area (Å²) in [5, 5.41) is 8.83. The molecule has 0 saturated carbocycles. The molecule has 0 amide bonds. The summed E-state index contributed by atoms with van der Waals surface area (Å²) in [5.74, 6) is -1.23. The van der Waals surface area contributed by atoms with Crippen molar-refractivity contribution in [2.45, 2.75) is 45.4 Å². The summed E-state index contributed by atoms with van der Waals surface area (Å²) < 4.78 is 33.9. The third-order valence-corrected chi connectivity index (χ3v) is 5.64. The molecule has 0 aliphatic heterocycles. The minimum Gasteiger partial charge on any atom is -0.238 e. The van der Waals surface area contributed by atoms with Gasteiger partial charge in [-0.25, -0.2) is 18.1 Å². The SMILES string of the molecule is CC(C)(C)c1c(F)c(-n2cccn2)cc(-n2ccc(C(C)(C)c3ccccc3)n2)c1F. The number of benzene rings is 2. The summed E-state index contributed by atoms with van der Waals surface area (Å²) in [7, 11) is 0. The molecule has 0 spiro atoms. The summed E-state index contributed by atoms with van der Waals surface area (Å²) in [5.41, 5.74) is 1.16. The van der Waals surface area contributed by atoms with Gasteiger partial charge < -0.3 is 0 Å². The van der Waals surface area contributed by atoms with Crippen molar-refractivity contribution in [2.75, 3.05) is 0 Å². The first kappa shape index (κ1) is 21.0. The van der Waals surface area contributed by atoms with Crippen LogP contribution in [-0.4, -0.2) is 19.6 Å². The largest absolute Gasteiger partial charge is 0.238 e. The number of aromatic nitrogens is 4. The Morgan fingerprint density at radius 1 is 0.774 bits per heavy atom. The highest BCUT2D eigenvalue weighted by Crippen LogP contribution is 2.35. The fraction of sp³-hybridized carbons (Fsp3) is 0.280. The Kier molecular flexibility index (Phi) is 5.04. The van der Waals surface area contributed by atoms with Gasteiger partial charge in [0.15, 0.2) is 11.6 Å². The van der Waals surface area contributed by atoms with E-state index in [2.05, 4.69) is 24.0 Å². The van der Waals surface area contributed by atoms with E-state index in [0.29, 0.717) is 0 Å². The molecule has 2 aromatic heterocycles. The number of hydrogen-bond acceptors (Lipinski definition) is 2. The van der Waals surface area contributed by atoms with E-state index in [1.807, 2.05) is 36.4 Å². The van der Waals surface area contributed by atoms with Crippen molar-refractivity contribution in [3.63, 3.8) is 0 Å². The average Bonchev–Trinajstić information content (AvgIpc) is 3.40. The monoisotopic (exact) mass is 420 g/mol. The topological polar surface area (TPSA) is 35.6 Å². The smallest absolute Gasteiger partial charge is 0.155 e. The second-order valence-electron chi connectivity index (χ2n) is 9.25. The van der Waals surface area contributed by atoms with E-state index >= 15 is 8.78 Å². The zero-order valence-corrected chi connectivity index (χ0v) is 18.4. The lowest BCUT2D eigenvalue weighted by molar-refractivity contribution is 0.467. The van der Waals surface area contributed by atoms with Gasteiger partial charge in [-0.1, -0.05) is 65.0 Å². The summed E-state index contributed by atoms with van der Waals surface area (Å²) in [4.78, 5) is 0. The zero-order valence-electron chi connectivity index (χ0n) is 18.4. The Hall–Kier alpha value is -3.28. The lowest BCUT2D eigenvalue weighted by Crippen LogP contribution is -2.21. The molecule has 6 heteroatoms. The maximum Gasteiger partial charge on any atom is 0.155 e. The maximum absolute atomic E-state index is 15.6. The van der Waals surface area contributed by atoms with Crippen molar-refractivity contribution in [3.8, 4) is 11.4 Å². The molecule has 0 radical (unpaired) electrons. The Bertz CT molecular complexity index is 1200. The van der Waals surface area contributed by atoms with Gasteiger partial charge in [0.2, 0.25) is 0 Å². The maximum atomic E-state index is 15.6. The molecule has 4 rings (SSSR count). The van der Waals surface area contributed by atoms with Crippen LogP contribution in [0.5, 0.6) is 0 Å². The van der Waals surface area contributed by atoms with Crippen molar-refractivity contribution >= 4 is 0 Å². The molecule has 2 aromatic carbocycles. The molecule has 4 aromatic rings. The van der Waals surface area contributed by atoms with Gasteiger partial charge in [0.1, 0.15) is 11.4 Å². The highest BCUT2D eigenvalue weighted by molar-refractivity contribution is 5.51. The molecule has 2 heterocycles. The Balaban J connectivity index is 1.89. The van der Waals surface area contributed by atoms with E-state index in [1.165, 1.54) is 15.4 Å². The molecule has 160 valence electrons. The third-order valence-electron chi connectivity index (χ3n) is 5.64. The van der Waals surface area contributed by atoms with Gasteiger partial charge in [0.05, 0.1) is 5.69 Å². The Morgan fingerprint density at radius 2 is 1.42 bits per heavy atom. The van der Waals surface area contributed by atoms with E-state index in [9.17, 15) is 0 Å². The first-order chi connectivity index (χ1) is 14.6. The van der Waals surface area contributed by atoms with E-state index in [1.54, 1.807) is 45.4 Å². The molecule has 4 nitrogen and oxygen atoms in total. The van der Waals surface area contributed by atoms with E-state index in [-0.39, 0.29) is 22.4 Å². The predicted octanol–water partition coefficient (Wildman–Crippen LogP) is 5.96. The predicted molar refractivity (Wildman–Crippen MR) is 118 cm³/mol. The van der Waals surface area contributed by atoms with Crippen molar-refractivity contribution in [1.82, 2.24) is 19.6 Å².